The molecule has 1 fully saturated rings. The predicted octanol–water partition coefficient (Wildman–Crippen LogP) is 3.00. The molecule has 25 heavy (non-hydrogen) atoms. The molecule has 1 amide bonds. The largest absolute Gasteiger partial charge is 0.352 e. The van der Waals surface area contributed by atoms with Crippen molar-refractivity contribution in [1.82, 2.24) is 25.5 Å². The zero-order valence-electron chi connectivity index (χ0n) is 15.0. The van der Waals surface area contributed by atoms with Gasteiger partial charge >= 0.3 is 0 Å². The standard InChI is InChI=1S/C18H25N5OS/c1-12-6-4-8-15(10-12)23-18(20-21-22-23)25-11-17(24)19-16-9-5-7-13(2)14(16)3/h4,6,8,10,13-14,16H,5,7,9,11H2,1-3H3,(H,19,24)/t13-,14+,16+/m0/s1. The number of aryl methyl sites for hydroxylation is 1. The number of hydrogen-bond acceptors (Lipinski definition) is 5. The number of nitrogens with zero attached hydrogens (tertiary/aromatic N) is 4. The minimum absolute atomic E-state index is 0.0507. The van der Waals surface area contributed by atoms with Gasteiger partial charge in [-0.3, -0.25) is 4.79 Å². The van der Waals surface area contributed by atoms with Gasteiger partial charge in [0.05, 0.1) is 11.4 Å². The molecular weight excluding hydrogens is 334 g/mol. The number of hydrogen-bond donors (Lipinski definition) is 1. The van der Waals surface area contributed by atoms with Crippen LogP contribution in [-0.2, 0) is 4.79 Å². The van der Waals surface area contributed by atoms with E-state index in [1.54, 1.807) is 4.68 Å². The highest BCUT2D eigenvalue weighted by Gasteiger charge is 2.28. The molecule has 6 nitrogen and oxygen atoms in total. The Labute approximate surface area is 152 Å². The number of rotatable bonds is 5. The zero-order chi connectivity index (χ0) is 17.8. The molecule has 2 aromatic rings. The molecule has 3 atom stereocenters. The Kier molecular flexibility index (Phi) is 5.73. The molecule has 1 heterocycles. The highest BCUT2D eigenvalue weighted by Crippen LogP contribution is 2.29. The summed E-state index contributed by atoms with van der Waals surface area (Å²) in [6.45, 7) is 6.54. The van der Waals surface area contributed by atoms with E-state index in [2.05, 4.69) is 34.7 Å². The molecule has 1 saturated carbocycles. The zero-order valence-corrected chi connectivity index (χ0v) is 15.8. The molecule has 7 heteroatoms. The van der Waals surface area contributed by atoms with Crippen molar-refractivity contribution in [3.63, 3.8) is 0 Å². The number of aromatic nitrogens is 4. The maximum atomic E-state index is 12.4. The lowest BCUT2D eigenvalue weighted by molar-refractivity contribution is -0.120. The molecule has 0 unspecified atom stereocenters. The smallest absolute Gasteiger partial charge is 0.230 e. The van der Waals surface area contributed by atoms with Crippen molar-refractivity contribution in [2.24, 2.45) is 11.8 Å². The number of amides is 1. The summed E-state index contributed by atoms with van der Waals surface area (Å²) < 4.78 is 1.68. The molecule has 3 rings (SSSR count). The number of thioether (sulfide) groups is 1. The maximum Gasteiger partial charge on any atom is 0.230 e. The number of benzene rings is 1. The van der Waals surface area contributed by atoms with E-state index < -0.39 is 0 Å². The number of nitrogens with one attached hydrogen (secondary N) is 1. The Bertz CT molecular complexity index is 732. The van der Waals surface area contributed by atoms with Crippen LogP contribution >= 0.6 is 11.8 Å². The number of carbonyl (C=O) groups is 1. The summed E-state index contributed by atoms with van der Waals surface area (Å²) in [6, 6.07) is 8.26. The summed E-state index contributed by atoms with van der Waals surface area (Å²) in [5, 5.41) is 15.7. The van der Waals surface area contributed by atoms with Gasteiger partial charge < -0.3 is 5.32 Å². The lowest BCUT2D eigenvalue weighted by Crippen LogP contribution is -2.44. The SMILES string of the molecule is Cc1cccc(-n2nnnc2SCC(=O)N[C@@H]2CCC[C@H](C)[C@H]2C)c1. The van der Waals surface area contributed by atoms with Crippen LogP contribution in [0.25, 0.3) is 5.69 Å². The van der Waals surface area contributed by atoms with E-state index in [0.717, 1.165) is 17.7 Å². The fraction of sp³-hybridized carbons (Fsp3) is 0.556. The third kappa shape index (κ3) is 4.39. The summed E-state index contributed by atoms with van der Waals surface area (Å²) in [6.07, 6.45) is 3.52. The van der Waals surface area contributed by atoms with Crippen LogP contribution in [0.3, 0.4) is 0 Å². The molecule has 134 valence electrons. The Morgan fingerprint density at radius 2 is 2.20 bits per heavy atom. The summed E-state index contributed by atoms with van der Waals surface area (Å²) in [4.78, 5) is 12.4. The lowest BCUT2D eigenvalue weighted by Gasteiger charge is -2.34. The van der Waals surface area contributed by atoms with Crippen LogP contribution in [0.15, 0.2) is 29.4 Å². The van der Waals surface area contributed by atoms with Crippen LogP contribution in [0.2, 0.25) is 0 Å². The first-order valence-electron chi connectivity index (χ1n) is 8.82. The molecule has 0 aliphatic heterocycles. The Balaban J connectivity index is 1.59. The first-order chi connectivity index (χ1) is 12.0. The van der Waals surface area contributed by atoms with Crippen molar-refractivity contribution in [3.05, 3.63) is 29.8 Å². The molecule has 0 bridgehead atoms. The van der Waals surface area contributed by atoms with Crippen molar-refractivity contribution in [2.45, 2.75) is 51.2 Å². The van der Waals surface area contributed by atoms with Crippen molar-refractivity contribution in [1.29, 1.82) is 0 Å². The van der Waals surface area contributed by atoms with Gasteiger partial charge in [-0.1, -0.05) is 50.6 Å². The van der Waals surface area contributed by atoms with E-state index >= 15 is 0 Å². The Morgan fingerprint density at radius 1 is 1.36 bits per heavy atom. The van der Waals surface area contributed by atoms with Gasteiger partial charge in [-0.2, -0.15) is 4.68 Å². The van der Waals surface area contributed by atoms with E-state index in [1.807, 2.05) is 31.2 Å². The first kappa shape index (κ1) is 17.9. The second kappa shape index (κ2) is 7.99. The summed E-state index contributed by atoms with van der Waals surface area (Å²) in [5.74, 6) is 1.57. The fourth-order valence-corrected chi connectivity index (χ4v) is 4.06. The van der Waals surface area contributed by atoms with Gasteiger partial charge in [0.1, 0.15) is 0 Å². The van der Waals surface area contributed by atoms with Crippen LogP contribution in [0.4, 0.5) is 0 Å². The molecule has 1 aromatic carbocycles. The van der Waals surface area contributed by atoms with Gasteiger partial charge in [0.15, 0.2) is 0 Å². The molecule has 1 aromatic heterocycles. The van der Waals surface area contributed by atoms with Crippen LogP contribution < -0.4 is 5.32 Å². The van der Waals surface area contributed by atoms with Crippen LogP contribution in [0.5, 0.6) is 0 Å². The maximum absolute atomic E-state index is 12.4. The van der Waals surface area contributed by atoms with Gasteiger partial charge in [0.25, 0.3) is 0 Å². The predicted molar refractivity (Wildman–Crippen MR) is 98.7 cm³/mol. The number of carbonyl (C=O) groups excluding carboxylic acids is 1. The lowest BCUT2D eigenvalue weighted by atomic mass is 9.78. The molecule has 1 aliphatic carbocycles. The minimum Gasteiger partial charge on any atom is -0.352 e. The summed E-state index contributed by atoms with van der Waals surface area (Å²) in [7, 11) is 0. The molecule has 1 N–H and O–H groups in total. The normalized spacial score (nSPS) is 23.4. The van der Waals surface area contributed by atoms with E-state index in [0.29, 0.717) is 22.7 Å². The third-order valence-electron chi connectivity index (χ3n) is 5.07. The molecule has 0 radical (unpaired) electrons. The molecule has 0 saturated heterocycles. The molecule has 1 aliphatic rings. The minimum atomic E-state index is 0.0507. The van der Waals surface area contributed by atoms with Gasteiger partial charge in [0.2, 0.25) is 11.1 Å². The molecular formula is C18H25N5OS. The second-order valence-electron chi connectivity index (χ2n) is 6.94. The van der Waals surface area contributed by atoms with Crippen LogP contribution in [0.1, 0.15) is 38.7 Å². The van der Waals surface area contributed by atoms with Crippen molar-refractivity contribution in [3.8, 4) is 5.69 Å². The van der Waals surface area contributed by atoms with Gasteiger partial charge in [0, 0.05) is 6.04 Å². The van der Waals surface area contributed by atoms with Gasteiger partial charge in [-0.15, -0.1) is 5.10 Å². The highest BCUT2D eigenvalue weighted by molar-refractivity contribution is 7.99. The van der Waals surface area contributed by atoms with Crippen molar-refractivity contribution < 1.29 is 4.79 Å². The summed E-state index contributed by atoms with van der Waals surface area (Å²) in [5.41, 5.74) is 2.05. The van der Waals surface area contributed by atoms with Gasteiger partial charge in [-0.25, -0.2) is 0 Å². The van der Waals surface area contributed by atoms with E-state index in [4.69, 9.17) is 0 Å². The first-order valence-corrected chi connectivity index (χ1v) is 9.80. The Hall–Kier alpha value is -1.89. The fourth-order valence-electron chi connectivity index (χ4n) is 3.35. The van der Waals surface area contributed by atoms with Crippen molar-refractivity contribution >= 4 is 17.7 Å². The van der Waals surface area contributed by atoms with Crippen molar-refractivity contribution in [2.75, 3.05) is 5.75 Å². The quantitative estimate of drug-likeness (QED) is 0.831. The van der Waals surface area contributed by atoms with Crippen LogP contribution in [-0.4, -0.2) is 37.9 Å². The van der Waals surface area contributed by atoms with E-state index in [9.17, 15) is 4.79 Å². The summed E-state index contributed by atoms with van der Waals surface area (Å²) >= 11 is 1.37. The topological polar surface area (TPSA) is 72.7 Å². The van der Waals surface area contributed by atoms with E-state index in [-0.39, 0.29) is 11.9 Å². The highest BCUT2D eigenvalue weighted by atomic mass is 32.2. The third-order valence-corrected chi connectivity index (χ3v) is 5.99. The average Bonchev–Trinajstić information content (AvgIpc) is 3.06. The average molecular weight is 359 g/mol. The van der Waals surface area contributed by atoms with E-state index in [1.165, 1.54) is 24.6 Å². The molecule has 0 spiro atoms. The van der Waals surface area contributed by atoms with Crippen LogP contribution in [0, 0.1) is 18.8 Å². The second-order valence-corrected chi connectivity index (χ2v) is 7.88. The monoisotopic (exact) mass is 359 g/mol. The van der Waals surface area contributed by atoms with Gasteiger partial charge in [-0.05, 0) is 53.3 Å². The Morgan fingerprint density at radius 3 is 3.00 bits per heavy atom. The number of tetrazole rings is 1.